The van der Waals surface area contributed by atoms with E-state index in [0.29, 0.717) is 47.5 Å². The van der Waals surface area contributed by atoms with Crippen molar-refractivity contribution in [2.75, 3.05) is 59.5 Å². The third kappa shape index (κ3) is 8.78. The molecular formula is C50H63ClN8O6. The zero-order valence-electron chi connectivity index (χ0n) is 38.5. The Hall–Kier alpha value is -4.56. The fourth-order valence-corrected chi connectivity index (χ4v) is 11.8. The van der Waals surface area contributed by atoms with Crippen LogP contribution in [0.5, 0.6) is 17.2 Å². The highest BCUT2D eigenvalue weighted by molar-refractivity contribution is 6.31. The van der Waals surface area contributed by atoms with Gasteiger partial charge in [0.25, 0.3) is 0 Å². The Morgan fingerprint density at radius 1 is 1.00 bits per heavy atom. The first kappa shape index (κ1) is 45.6. The second-order valence-electron chi connectivity index (χ2n) is 20.8. The summed E-state index contributed by atoms with van der Waals surface area (Å²) in [7, 11) is 1.79. The molecule has 0 radical (unpaired) electrons. The minimum Gasteiger partial charge on any atom is -0.489 e. The van der Waals surface area contributed by atoms with E-state index in [1.165, 1.54) is 5.56 Å². The summed E-state index contributed by atoms with van der Waals surface area (Å²) in [6, 6.07) is 20.9. The molecule has 2 unspecified atom stereocenters. The molecule has 14 nitrogen and oxygen atoms in total. The number of aliphatic hydroxyl groups is 1. The minimum atomic E-state index is -1.04. The van der Waals surface area contributed by atoms with E-state index in [0.717, 1.165) is 62.4 Å². The maximum atomic E-state index is 13.7. The average Bonchev–Trinajstić information content (AvgIpc) is 3.77. The van der Waals surface area contributed by atoms with Crippen LogP contribution in [0.4, 0.5) is 0 Å². The fourth-order valence-electron chi connectivity index (χ4n) is 11.5. The van der Waals surface area contributed by atoms with E-state index in [9.17, 15) is 20.0 Å². The average molecular weight is 908 g/mol. The molecule has 2 atom stereocenters. The van der Waals surface area contributed by atoms with Gasteiger partial charge in [-0.3, -0.25) is 30.0 Å². The standard InChI is InChI=1S/C50H63ClN8O6/c1-47(2)44(48(3,4)45(47)65-35-14-10-31(22-52)39(51)21-35)56-42(60)32-23-54-46(55-24-32)59-18-19-63-50(29-59)27-58(28-50)25-30-8-12-34(13-9-30)64-40-15-11-33(49(5,6)62)20-37(40)38-26-57(7)43(61)41-36(38)16-17-53-41/h8-15,20-21,26,32,36,41,44-46,53-55,62H,16-19,23-25,27-29H2,1-7H3,(H,56,60). The van der Waals surface area contributed by atoms with E-state index in [1.807, 2.05) is 36.5 Å². The predicted molar refractivity (Wildman–Crippen MR) is 248 cm³/mol. The summed E-state index contributed by atoms with van der Waals surface area (Å²) in [5.41, 5.74) is 2.34. The van der Waals surface area contributed by atoms with Crippen molar-refractivity contribution in [3.05, 3.63) is 94.1 Å². The van der Waals surface area contributed by atoms with E-state index >= 15 is 0 Å². The molecule has 2 amide bonds. The zero-order chi connectivity index (χ0) is 46.1. The number of rotatable bonds is 11. The van der Waals surface area contributed by atoms with Gasteiger partial charge in [-0.15, -0.1) is 0 Å². The number of fused-ring (bicyclic) bond motifs is 1. The van der Waals surface area contributed by atoms with Gasteiger partial charge in [0.1, 0.15) is 41.3 Å². The maximum absolute atomic E-state index is 13.7. The number of morpholine rings is 1. The molecule has 1 spiro atoms. The first-order chi connectivity index (χ1) is 30.8. The smallest absolute Gasteiger partial charge is 0.244 e. The van der Waals surface area contributed by atoms with E-state index in [-0.39, 0.29) is 64.6 Å². The zero-order valence-corrected chi connectivity index (χ0v) is 39.3. The molecule has 65 heavy (non-hydrogen) atoms. The summed E-state index contributed by atoms with van der Waals surface area (Å²) in [5, 5.41) is 34.5. The van der Waals surface area contributed by atoms with Gasteiger partial charge in [0.2, 0.25) is 11.8 Å². The SMILES string of the molecule is CN1C=C(c2cc(C(C)(C)O)ccc2Oc2ccc(CN3CC4(C3)CN(C3NCC(C(=O)NC5C(C)(C)C(Oc6ccc(C#N)c(Cl)c6)C5(C)C)CN3)CCO4)cc2)C2CCNC2C1=O. The van der Waals surface area contributed by atoms with Crippen molar-refractivity contribution >= 4 is 29.0 Å². The largest absolute Gasteiger partial charge is 0.489 e. The number of nitrogens with zero attached hydrogens (tertiary/aromatic N) is 4. The van der Waals surface area contributed by atoms with Gasteiger partial charge in [-0.1, -0.05) is 57.5 Å². The highest BCUT2D eigenvalue weighted by Crippen LogP contribution is 2.56. The normalized spacial score (nSPS) is 28.3. The highest BCUT2D eigenvalue weighted by atomic mass is 35.5. The van der Waals surface area contributed by atoms with Gasteiger partial charge in [0.05, 0.1) is 34.8 Å². The van der Waals surface area contributed by atoms with Gasteiger partial charge in [-0.2, -0.15) is 5.26 Å². The van der Waals surface area contributed by atoms with Crippen LogP contribution < -0.4 is 30.7 Å². The predicted octanol–water partition coefficient (Wildman–Crippen LogP) is 5.00. The van der Waals surface area contributed by atoms with Crippen LogP contribution in [0.3, 0.4) is 0 Å². The molecule has 9 rings (SSSR count). The summed E-state index contributed by atoms with van der Waals surface area (Å²) >= 11 is 6.28. The molecule has 6 aliphatic rings. The number of halogens is 1. The number of likely N-dealkylation sites (N-methyl/N-ethyl adjacent to an activating group) is 1. The van der Waals surface area contributed by atoms with E-state index in [2.05, 4.69) is 77.0 Å². The number of carbonyl (C=O) groups excluding carboxylic acids is 2. The number of likely N-dealkylation sites (tertiary alicyclic amines) is 1. The lowest BCUT2D eigenvalue weighted by molar-refractivity contribution is -0.196. The molecule has 1 aliphatic carbocycles. The van der Waals surface area contributed by atoms with Gasteiger partial charge in [0, 0.05) is 93.5 Å². The van der Waals surface area contributed by atoms with Crippen LogP contribution in [0.25, 0.3) is 5.57 Å². The van der Waals surface area contributed by atoms with Gasteiger partial charge in [-0.25, -0.2) is 0 Å². The molecule has 0 aromatic heterocycles. The number of ether oxygens (including phenoxy) is 3. The Morgan fingerprint density at radius 2 is 1.71 bits per heavy atom. The fraction of sp³-hybridized carbons (Fsp3) is 0.540. The Balaban J connectivity index is 0.757. The van der Waals surface area contributed by atoms with Crippen LogP contribution in [0.1, 0.15) is 70.2 Å². The molecule has 5 N–H and O–H groups in total. The van der Waals surface area contributed by atoms with Crippen molar-refractivity contribution in [3.63, 3.8) is 0 Å². The molecule has 5 aliphatic heterocycles. The van der Waals surface area contributed by atoms with Gasteiger partial charge in [-0.05, 0) is 79.9 Å². The van der Waals surface area contributed by atoms with Crippen LogP contribution in [-0.4, -0.2) is 121 Å². The van der Waals surface area contributed by atoms with Crippen molar-refractivity contribution < 1.29 is 28.9 Å². The molecule has 15 heteroatoms. The molecule has 0 bridgehead atoms. The molecule has 3 aromatic carbocycles. The molecule has 5 heterocycles. The second kappa shape index (κ2) is 17.3. The lowest BCUT2D eigenvalue weighted by atomic mass is 9.49. The molecule has 4 saturated heterocycles. The Morgan fingerprint density at radius 3 is 2.38 bits per heavy atom. The number of nitriles is 1. The van der Waals surface area contributed by atoms with Crippen LogP contribution >= 0.6 is 11.6 Å². The first-order valence-electron chi connectivity index (χ1n) is 22.9. The number of carbonyl (C=O) groups is 2. The number of hydrogen-bond donors (Lipinski definition) is 5. The molecular weight excluding hydrogens is 844 g/mol. The van der Waals surface area contributed by atoms with Crippen LogP contribution in [-0.2, 0) is 26.5 Å². The topological polar surface area (TPSA) is 164 Å². The number of nitrogens with one attached hydrogen (secondary N) is 4. The van der Waals surface area contributed by atoms with Gasteiger partial charge < -0.3 is 34.9 Å². The Labute approximate surface area is 387 Å². The molecule has 1 saturated carbocycles. The quantitative estimate of drug-likeness (QED) is 0.175. The Kier molecular flexibility index (Phi) is 12.1. The summed E-state index contributed by atoms with van der Waals surface area (Å²) < 4.78 is 19.4. The van der Waals surface area contributed by atoms with Crippen LogP contribution in [0.2, 0.25) is 5.02 Å². The first-order valence-corrected chi connectivity index (χ1v) is 23.3. The Bertz CT molecular complexity index is 2360. The maximum Gasteiger partial charge on any atom is 0.244 e. The van der Waals surface area contributed by atoms with E-state index in [1.54, 1.807) is 44.0 Å². The summed E-state index contributed by atoms with van der Waals surface area (Å²) in [6.45, 7) is 18.6. The summed E-state index contributed by atoms with van der Waals surface area (Å²) in [4.78, 5) is 33.1. The van der Waals surface area contributed by atoms with Crippen LogP contribution in [0, 0.1) is 34.0 Å². The monoisotopic (exact) mass is 906 g/mol. The van der Waals surface area contributed by atoms with Crippen LogP contribution in [0.15, 0.2) is 66.9 Å². The highest BCUT2D eigenvalue weighted by Gasteiger charge is 2.64. The van der Waals surface area contributed by atoms with Crippen molar-refractivity contribution in [2.24, 2.45) is 22.7 Å². The number of amides is 2. The lowest BCUT2D eigenvalue weighted by Gasteiger charge is -2.63. The number of benzene rings is 3. The summed E-state index contributed by atoms with van der Waals surface area (Å²) in [5.74, 6) is 1.91. The van der Waals surface area contributed by atoms with Crippen molar-refractivity contribution in [1.82, 2.24) is 36.0 Å². The molecule has 346 valence electrons. The van der Waals surface area contributed by atoms with Gasteiger partial charge >= 0.3 is 0 Å². The molecule has 3 aromatic rings. The van der Waals surface area contributed by atoms with E-state index < -0.39 is 5.60 Å². The summed E-state index contributed by atoms with van der Waals surface area (Å²) in [6.07, 6.45) is 2.56. The minimum absolute atomic E-state index is 0.0244. The van der Waals surface area contributed by atoms with Crippen molar-refractivity contribution in [1.29, 1.82) is 5.26 Å². The van der Waals surface area contributed by atoms with E-state index in [4.69, 9.17) is 25.8 Å². The van der Waals surface area contributed by atoms with Crippen molar-refractivity contribution in [3.8, 4) is 23.3 Å². The van der Waals surface area contributed by atoms with Gasteiger partial charge in [0.15, 0.2) is 0 Å². The number of hydrogen-bond acceptors (Lipinski definition) is 12. The second-order valence-corrected chi connectivity index (χ2v) is 21.2. The molecule has 5 fully saturated rings. The third-order valence-corrected chi connectivity index (χ3v) is 15.0. The lowest BCUT2D eigenvalue weighted by Crippen LogP contribution is -2.76. The van der Waals surface area contributed by atoms with Crippen molar-refractivity contribution in [2.45, 2.75) is 90.2 Å². The third-order valence-electron chi connectivity index (χ3n) is 14.7.